The molecule has 5 rings (SSSR count). The van der Waals surface area contributed by atoms with Crippen molar-refractivity contribution in [2.75, 3.05) is 19.6 Å². The van der Waals surface area contributed by atoms with E-state index >= 15 is 0 Å². The number of H-pyrrole nitrogens is 1. The van der Waals surface area contributed by atoms with Gasteiger partial charge in [0.25, 0.3) is 0 Å². The first-order chi connectivity index (χ1) is 16.2. The smallest absolute Gasteiger partial charge is 0.227 e. The molecule has 1 atom stereocenters. The number of carbonyl (C=O) groups is 2. The molecule has 1 saturated heterocycles. The van der Waals surface area contributed by atoms with Crippen molar-refractivity contribution in [2.45, 2.75) is 38.1 Å². The van der Waals surface area contributed by atoms with Gasteiger partial charge in [0.1, 0.15) is 0 Å². The van der Waals surface area contributed by atoms with Gasteiger partial charge in [-0.05, 0) is 36.0 Å². The Morgan fingerprint density at radius 1 is 0.939 bits per heavy atom. The first-order valence-electron chi connectivity index (χ1n) is 11.7. The molecule has 7 nitrogen and oxygen atoms in total. The third kappa shape index (κ3) is 4.67. The Hall–Kier alpha value is -3.48. The Bertz CT molecular complexity index is 1090. The van der Waals surface area contributed by atoms with Gasteiger partial charge in [-0.25, -0.2) is 4.98 Å². The number of pyridine rings is 1. The lowest BCUT2D eigenvalue weighted by molar-refractivity contribution is -0.137. The van der Waals surface area contributed by atoms with Crippen molar-refractivity contribution in [2.24, 2.45) is 5.92 Å². The van der Waals surface area contributed by atoms with E-state index < -0.39 is 0 Å². The number of nitrogens with one attached hydrogen (secondary N) is 1. The quantitative estimate of drug-likeness (QED) is 0.657. The van der Waals surface area contributed by atoms with Gasteiger partial charge in [0.05, 0.1) is 30.9 Å². The van der Waals surface area contributed by atoms with Crippen LogP contribution in [0.15, 0.2) is 61.2 Å². The molecular formula is C26H29N5O2. The number of imidazole rings is 1. The number of likely N-dealkylation sites (tertiary alicyclic amines) is 1. The molecule has 1 N–H and O–H groups in total. The lowest BCUT2D eigenvalue weighted by atomic mass is 9.83. The fraction of sp³-hybridized carbons (Fsp3) is 0.385. The summed E-state index contributed by atoms with van der Waals surface area (Å²) in [5, 5.41) is 0. The molecule has 1 aromatic carbocycles. The van der Waals surface area contributed by atoms with Crippen LogP contribution in [0, 0.1) is 5.92 Å². The molecule has 3 aromatic rings. The van der Waals surface area contributed by atoms with Crippen molar-refractivity contribution in [3.8, 4) is 0 Å². The summed E-state index contributed by atoms with van der Waals surface area (Å²) in [7, 11) is 0. The third-order valence-electron chi connectivity index (χ3n) is 6.91. The van der Waals surface area contributed by atoms with Gasteiger partial charge in [0.2, 0.25) is 11.8 Å². The lowest BCUT2D eigenvalue weighted by Crippen LogP contribution is -2.48. The Kier molecular flexibility index (Phi) is 6.19. The maximum absolute atomic E-state index is 13.3. The molecule has 170 valence electrons. The second kappa shape index (κ2) is 9.57. The van der Waals surface area contributed by atoms with Crippen LogP contribution in [0.2, 0.25) is 0 Å². The van der Waals surface area contributed by atoms with Gasteiger partial charge < -0.3 is 14.8 Å². The van der Waals surface area contributed by atoms with Crippen molar-refractivity contribution in [1.29, 1.82) is 0 Å². The molecule has 33 heavy (non-hydrogen) atoms. The molecule has 7 heteroatoms. The zero-order valence-corrected chi connectivity index (χ0v) is 18.7. The van der Waals surface area contributed by atoms with Crippen molar-refractivity contribution in [3.05, 3.63) is 83.7 Å². The van der Waals surface area contributed by atoms with Crippen molar-refractivity contribution in [1.82, 2.24) is 24.8 Å². The number of rotatable bonds is 5. The molecule has 2 aliphatic heterocycles. The Morgan fingerprint density at radius 3 is 2.45 bits per heavy atom. The van der Waals surface area contributed by atoms with Gasteiger partial charge in [-0.15, -0.1) is 0 Å². The van der Waals surface area contributed by atoms with E-state index in [1.165, 1.54) is 0 Å². The van der Waals surface area contributed by atoms with Crippen molar-refractivity contribution in [3.63, 3.8) is 0 Å². The highest BCUT2D eigenvalue weighted by atomic mass is 16.2. The predicted octanol–water partition coefficient (Wildman–Crippen LogP) is 2.95. The highest BCUT2D eigenvalue weighted by Crippen LogP contribution is 2.39. The number of aromatic nitrogens is 3. The zero-order chi connectivity index (χ0) is 22.6. The molecule has 2 aromatic heterocycles. The van der Waals surface area contributed by atoms with E-state index in [0.717, 1.165) is 41.8 Å². The number of piperidine rings is 1. The van der Waals surface area contributed by atoms with Gasteiger partial charge in [0.15, 0.2) is 0 Å². The van der Waals surface area contributed by atoms with Gasteiger partial charge in [-0.3, -0.25) is 14.6 Å². The van der Waals surface area contributed by atoms with E-state index in [-0.39, 0.29) is 23.8 Å². The normalized spacial score (nSPS) is 18.7. The van der Waals surface area contributed by atoms with Gasteiger partial charge in [0, 0.05) is 44.1 Å². The molecule has 0 radical (unpaired) electrons. The second-order valence-electron chi connectivity index (χ2n) is 8.97. The van der Waals surface area contributed by atoms with Gasteiger partial charge >= 0.3 is 0 Å². The number of hydrogen-bond donors (Lipinski definition) is 1. The fourth-order valence-electron chi connectivity index (χ4n) is 5.19. The number of hydrogen-bond acceptors (Lipinski definition) is 4. The fourth-order valence-corrected chi connectivity index (χ4v) is 5.19. The van der Waals surface area contributed by atoms with Crippen LogP contribution in [0.3, 0.4) is 0 Å². The van der Waals surface area contributed by atoms with E-state index in [1.54, 1.807) is 18.7 Å². The van der Waals surface area contributed by atoms with E-state index in [1.807, 2.05) is 52.3 Å². The van der Waals surface area contributed by atoms with E-state index in [4.69, 9.17) is 0 Å². The van der Waals surface area contributed by atoms with E-state index in [2.05, 4.69) is 15.0 Å². The van der Waals surface area contributed by atoms with E-state index in [9.17, 15) is 9.59 Å². The minimum atomic E-state index is -0.0354. The predicted molar refractivity (Wildman–Crippen MR) is 124 cm³/mol. The molecule has 2 aliphatic rings. The number of amides is 2. The van der Waals surface area contributed by atoms with Crippen LogP contribution >= 0.6 is 0 Å². The highest BCUT2D eigenvalue weighted by Gasteiger charge is 2.39. The summed E-state index contributed by atoms with van der Waals surface area (Å²) in [5.74, 6) is 0.576. The Morgan fingerprint density at radius 2 is 1.70 bits per heavy atom. The molecule has 0 spiro atoms. The molecule has 1 fully saturated rings. The molecule has 2 amide bonds. The number of benzene rings is 1. The first-order valence-corrected chi connectivity index (χ1v) is 11.7. The molecule has 4 heterocycles. The highest BCUT2D eigenvalue weighted by molar-refractivity contribution is 5.80. The Labute approximate surface area is 193 Å². The van der Waals surface area contributed by atoms with Crippen LogP contribution in [0.5, 0.6) is 0 Å². The second-order valence-corrected chi connectivity index (χ2v) is 8.97. The average molecular weight is 444 g/mol. The number of nitrogens with zero attached hydrogens (tertiary/aromatic N) is 4. The Balaban J connectivity index is 1.28. The van der Waals surface area contributed by atoms with Crippen LogP contribution < -0.4 is 0 Å². The number of aromatic amines is 1. The first kappa shape index (κ1) is 21.4. The average Bonchev–Trinajstić information content (AvgIpc) is 3.34. The summed E-state index contributed by atoms with van der Waals surface area (Å²) in [4.78, 5) is 42.1. The van der Waals surface area contributed by atoms with E-state index in [0.29, 0.717) is 32.5 Å². The van der Waals surface area contributed by atoms with Crippen LogP contribution in [-0.4, -0.2) is 56.2 Å². The van der Waals surface area contributed by atoms with Gasteiger partial charge in [-0.2, -0.15) is 0 Å². The summed E-state index contributed by atoms with van der Waals surface area (Å²) < 4.78 is 0. The lowest BCUT2D eigenvalue weighted by Gasteiger charge is -2.43. The van der Waals surface area contributed by atoms with Crippen LogP contribution in [-0.2, 0) is 28.9 Å². The van der Waals surface area contributed by atoms with Crippen LogP contribution in [0.25, 0.3) is 0 Å². The minimum absolute atomic E-state index is 0.0354. The summed E-state index contributed by atoms with van der Waals surface area (Å²) >= 11 is 0. The molecule has 0 bridgehead atoms. The molecule has 0 aliphatic carbocycles. The largest absolute Gasteiger partial charge is 0.348 e. The van der Waals surface area contributed by atoms with Crippen molar-refractivity contribution >= 4 is 11.8 Å². The topological polar surface area (TPSA) is 82.2 Å². The SMILES string of the molecule is O=C(Cc1cccnc1)N1CCC(C2c3nc[nH]c3CCN2C(=O)Cc2ccccc2)CC1. The van der Waals surface area contributed by atoms with Crippen molar-refractivity contribution < 1.29 is 9.59 Å². The minimum Gasteiger partial charge on any atom is -0.348 e. The zero-order valence-electron chi connectivity index (χ0n) is 18.7. The monoisotopic (exact) mass is 443 g/mol. The molecule has 0 saturated carbocycles. The third-order valence-corrected chi connectivity index (χ3v) is 6.91. The maximum atomic E-state index is 13.3. The summed E-state index contributed by atoms with van der Waals surface area (Å²) in [6.07, 6.45) is 8.53. The number of carbonyl (C=O) groups excluding carboxylic acids is 2. The summed E-state index contributed by atoms with van der Waals surface area (Å²) in [5.41, 5.74) is 4.11. The maximum Gasteiger partial charge on any atom is 0.227 e. The standard InChI is InChI=1S/C26H29N5O2/c32-23(16-20-7-4-11-27-17-20)30-12-8-21(9-13-30)26-25-22(28-18-29-25)10-14-31(26)24(33)15-19-5-2-1-3-6-19/h1-7,11,17-18,21,26H,8-10,12-16H2,(H,28,29). The summed E-state index contributed by atoms with van der Waals surface area (Å²) in [6.45, 7) is 2.12. The van der Waals surface area contributed by atoms with Crippen LogP contribution in [0.1, 0.15) is 41.4 Å². The summed E-state index contributed by atoms with van der Waals surface area (Å²) in [6, 6.07) is 13.7. The molecular weight excluding hydrogens is 414 g/mol. The van der Waals surface area contributed by atoms with Crippen LogP contribution in [0.4, 0.5) is 0 Å². The number of fused-ring (bicyclic) bond motifs is 1. The van der Waals surface area contributed by atoms with Gasteiger partial charge in [-0.1, -0.05) is 36.4 Å². The molecule has 1 unspecified atom stereocenters.